The Labute approximate surface area is 103 Å². The number of halogens is 3. The van der Waals surface area contributed by atoms with Crippen molar-refractivity contribution in [2.24, 2.45) is 11.7 Å². The molecule has 1 saturated heterocycles. The van der Waals surface area contributed by atoms with Gasteiger partial charge in [-0.15, -0.1) is 0 Å². The molecule has 0 radical (unpaired) electrons. The molecule has 0 saturated carbocycles. The highest BCUT2D eigenvalue weighted by atomic mass is 19.4. The van der Waals surface area contributed by atoms with E-state index in [0.717, 1.165) is 25.2 Å². The van der Waals surface area contributed by atoms with Crippen molar-refractivity contribution in [2.75, 3.05) is 26.4 Å². The van der Waals surface area contributed by atoms with Gasteiger partial charge in [-0.2, -0.15) is 13.2 Å². The van der Waals surface area contributed by atoms with E-state index in [9.17, 15) is 13.2 Å². The summed E-state index contributed by atoms with van der Waals surface area (Å²) in [7, 11) is 0. The summed E-state index contributed by atoms with van der Waals surface area (Å²) in [6.45, 7) is 2.83. The fraction of sp³-hybridized carbons (Fsp3) is 0.500. The second-order valence-corrected chi connectivity index (χ2v) is 4.42. The zero-order valence-electron chi connectivity index (χ0n) is 9.78. The molecule has 0 amide bonds. The maximum atomic E-state index is 12.3. The van der Waals surface area contributed by atoms with Crippen molar-refractivity contribution in [1.29, 1.82) is 0 Å². The lowest BCUT2D eigenvalue weighted by Crippen LogP contribution is -2.51. The molecule has 0 unspecified atom stereocenters. The van der Waals surface area contributed by atoms with Gasteiger partial charge in [-0.05, 0) is 24.3 Å². The van der Waals surface area contributed by atoms with Crippen LogP contribution >= 0.6 is 0 Å². The maximum Gasteiger partial charge on any atom is 0.416 e. The molecule has 0 spiro atoms. The predicted octanol–water partition coefficient (Wildman–Crippen LogP) is 1.93. The van der Waals surface area contributed by atoms with Crippen LogP contribution in [0, 0.1) is 5.92 Å². The molecule has 0 bridgehead atoms. The molecule has 1 heterocycles. The van der Waals surface area contributed by atoms with E-state index in [1.54, 1.807) is 0 Å². The first-order chi connectivity index (χ1) is 8.49. The fourth-order valence-corrected chi connectivity index (χ4v) is 1.89. The Balaban J connectivity index is 1.81. The summed E-state index contributed by atoms with van der Waals surface area (Å²) in [5.41, 5.74) is 4.78. The van der Waals surface area contributed by atoms with Crippen molar-refractivity contribution in [3.8, 4) is 5.75 Å². The van der Waals surface area contributed by atoms with Crippen LogP contribution in [0.5, 0.6) is 5.75 Å². The number of rotatable bonds is 4. The number of hydrogen-bond donors (Lipinski definition) is 1. The van der Waals surface area contributed by atoms with Gasteiger partial charge in [-0.25, -0.2) is 0 Å². The van der Waals surface area contributed by atoms with E-state index in [4.69, 9.17) is 10.5 Å². The highest BCUT2D eigenvalue weighted by Crippen LogP contribution is 2.30. The van der Waals surface area contributed by atoms with Crippen LogP contribution in [0.25, 0.3) is 0 Å². The van der Waals surface area contributed by atoms with Crippen LogP contribution < -0.4 is 10.5 Å². The molecule has 2 rings (SSSR count). The molecule has 18 heavy (non-hydrogen) atoms. The SMILES string of the molecule is NCN1CC(COc2ccc(C(F)(F)F)cc2)C1. The molecule has 2 N–H and O–H groups in total. The van der Waals surface area contributed by atoms with Crippen molar-refractivity contribution >= 4 is 0 Å². The van der Waals surface area contributed by atoms with Crippen molar-refractivity contribution in [3.63, 3.8) is 0 Å². The topological polar surface area (TPSA) is 38.5 Å². The summed E-state index contributed by atoms with van der Waals surface area (Å²) >= 11 is 0. The molecular weight excluding hydrogens is 245 g/mol. The smallest absolute Gasteiger partial charge is 0.416 e. The third kappa shape index (κ3) is 3.14. The molecule has 100 valence electrons. The van der Waals surface area contributed by atoms with E-state index in [0.29, 0.717) is 24.9 Å². The minimum atomic E-state index is -4.30. The largest absolute Gasteiger partial charge is 0.493 e. The van der Waals surface area contributed by atoms with Crippen LogP contribution in [0.1, 0.15) is 5.56 Å². The fourth-order valence-electron chi connectivity index (χ4n) is 1.89. The Bertz CT molecular complexity index is 385. The average Bonchev–Trinajstić information content (AvgIpc) is 2.27. The van der Waals surface area contributed by atoms with E-state index in [2.05, 4.69) is 4.90 Å². The molecule has 0 atom stereocenters. The summed E-state index contributed by atoms with van der Waals surface area (Å²) in [5.74, 6) is 0.880. The molecular formula is C12H15F3N2O. The van der Waals surface area contributed by atoms with Crippen molar-refractivity contribution in [1.82, 2.24) is 4.90 Å². The molecule has 1 aromatic carbocycles. The second kappa shape index (κ2) is 5.16. The Kier molecular flexibility index (Phi) is 3.77. The van der Waals surface area contributed by atoms with E-state index in [1.807, 2.05) is 0 Å². The third-order valence-electron chi connectivity index (χ3n) is 2.96. The van der Waals surface area contributed by atoms with Gasteiger partial charge in [0, 0.05) is 25.7 Å². The summed E-state index contributed by atoms with van der Waals surface area (Å²) in [4.78, 5) is 2.07. The lowest BCUT2D eigenvalue weighted by Gasteiger charge is -2.37. The van der Waals surface area contributed by atoms with Crippen molar-refractivity contribution < 1.29 is 17.9 Å². The summed E-state index contributed by atoms with van der Waals surface area (Å²) in [6, 6.07) is 4.76. The lowest BCUT2D eigenvalue weighted by atomic mass is 10.0. The van der Waals surface area contributed by atoms with Crippen LogP contribution in [0.15, 0.2) is 24.3 Å². The van der Waals surface area contributed by atoms with Crippen LogP contribution in [0.2, 0.25) is 0 Å². The number of nitrogens with zero attached hydrogens (tertiary/aromatic N) is 1. The van der Waals surface area contributed by atoms with E-state index < -0.39 is 11.7 Å². The van der Waals surface area contributed by atoms with Gasteiger partial charge in [0.1, 0.15) is 5.75 Å². The van der Waals surface area contributed by atoms with Crippen LogP contribution in [-0.2, 0) is 6.18 Å². The van der Waals surface area contributed by atoms with Gasteiger partial charge in [0.15, 0.2) is 0 Å². The molecule has 1 aromatic rings. The second-order valence-electron chi connectivity index (χ2n) is 4.42. The first-order valence-electron chi connectivity index (χ1n) is 5.71. The number of alkyl halides is 3. The summed E-state index contributed by atoms with van der Waals surface area (Å²) in [6.07, 6.45) is -4.30. The van der Waals surface area contributed by atoms with Gasteiger partial charge in [-0.1, -0.05) is 0 Å². The number of nitrogens with two attached hydrogens (primary N) is 1. The van der Waals surface area contributed by atoms with Gasteiger partial charge >= 0.3 is 6.18 Å². The quantitative estimate of drug-likeness (QED) is 0.899. The molecule has 6 heteroatoms. The van der Waals surface area contributed by atoms with Gasteiger partial charge in [0.05, 0.1) is 12.2 Å². The Morgan fingerprint density at radius 1 is 1.22 bits per heavy atom. The summed E-state index contributed by atoms with van der Waals surface area (Å²) in [5, 5.41) is 0. The third-order valence-corrected chi connectivity index (χ3v) is 2.96. The highest BCUT2D eigenvalue weighted by molar-refractivity contribution is 5.28. The first-order valence-corrected chi connectivity index (χ1v) is 5.71. The molecule has 0 aromatic heterocycles. The molecule has 3 nitrogen and oxygen atoms in total. The number of hydrogen-bond acceptors (Lipinski definition) is 3. The van der Waals surface area contributed by atoms with Crippen molar-refractivity contribution in [3.05, 3.63) is 29.8 Å². The van der Waals surface area contributed by atoms with Gasteiger partial charge in [0.2, 0.25) is 0 Å². The standard InChI is InChI=1S/C12H15F3N2O/c13-12(14,15)10-1-3-11(4-2-10)18-7-9-5-17(6-9)8-16/h1-4,9H,5-8,16H2. The van der Waals surface area contributed by atoms with Gasteiger partial charge in [0.25, 0.3) is 0 Å². The van der Waals surface area contributed by atoms with E-state index in [1.165, 1.54) is 12.1 Å². The molecule has 0 aliphatic carbocycles. The minimum Gasteiger partial charge on any atom is -0.493 e. The number of ether oxygens (including phenoxy) is 1. The Morgan fingerprint density at radius 2 is 1.83 bits per heavy atom. The van der Waals surface area contributed by atoms with Crippen LogP contribution in [-0.4, -0.2) is 31.3 Å². The number of likely N-dealkylation sites (tertiary alicyclic amines) is 1. The first kappa shape index (κ1) is 13.2. The zero-order valence-corrected chi connectivity index (χ0v) is 9.78. The highest BCUT2D eigenvalue weighted by Gasteiger charge is 2.30. The van der Waals surface area contributed by atoms with E-state index in [-0.39, 0.29) is 0 Å². The maximum absolute atomic E-state index is 12.3. The molecule has 1 aliphatic rings. The monoisotopic (exact) mass is 260 g/mol. The van der Waals surface area contributed by atoms with Crippen molar-refractivity contribution in [2.45, 2.75) is 6.18 Å². The van der Waals surface area contributed by atoms with E-state index >= 15 is 0 Å². The molecule has 1 aliphatic heterocycles. The average molecular weight is 260 g/mol. The van der Waals surface area contributed by atoms with Gasteiger partial charge < -0.3 is 10.5 Å². The normalized spacial score (nSPS) is 17.6. The summed E-state index contributed by atoms with van der Waals surface area (Å²) < 4.78 is 42.4. The molecule has 1 fully saturated rings. The predicted molar refractivity (Wildman–Crippen MR) is 61.1 cm³/mol. The zero-order chi connectivity index (χ0) is 13.2. The number of benzene rings is 1. The Morgan fingerprint density at radius 3 is 2.33 bits per heavy atom. The minimum absolute atomic E-state index is 0.413. The van der Waals surface area contributed by atoms with Gasteiger partial charge in [-0.3, -0.25) is 4.90 Å². The van der Waals surface area contributed by atoms with Crippen LogP contribution in [0.3, 0.4) is 0 Å². The van der Waals surface area contributed by atoms with Crippen LogP contribution in [0.4, 0.5) is 13.2 Å². The lowest BCUT2D eigenvalue weighted by molar-refractivity contribution is -0.137. The Hall–Kier alpha value is -1.27.